The highest BCUT2D eigenvalue weighted by Gasteiger charge is 2.16. The van der Waals surface area contributed by atoms with Crippen LogP contribution >= 0.6 is 0 Å². The molecular weight excluding hydrogens is 323 g/mol. The Morgan fingerprint density at radius 2 is 2.04 bits per heavy atom. The van der Waals surface area contributed by atoms with Crippen molar-refractivity contribution in [3.8, 4) is 0 Å². The minimum Gasteiger partial charge on any atom is -0.378 e. The fourth-order valence-corrected chi connectivity index (χ4v) is 2.73. The molecule has 1 fully saturated rings. The lowest BCUT2D eigenvalue weighted by Crippen LogP contribution is -2.37. The number of nitrogens with one attached hydrogen (secondary N) is 1. The van der Waals surface area contributed by atoms with Gasteiger partial charge in [-0.3, -0.25) is 4.79 Å². The van der Waals surface area contributed by atoms with Crippen molar-refractivity contribution in [2.75, 3.05) is 37.7 Å². The molecule has 2 aromatic rings. The summed E-state index contributed by atoms with van der Waals surface area (Å²) < 4.78 is 18.9. The summed E-state index contributed by atoms with van der Waals surface area (Å²) >= 11 is 0. The van der Waals surface area contributed by atoms with Gasteiger partial charge < -0.3 is 15.0 Å². The Morgan fingerprint density at radius 1 is 1.28 bits per heavy atom. The van der Waals surface area contributed by atoms with E-state index in [0.29, 0.717) is 43.3 Å². The van der Waals surface area contributed by atoms with Crippen LogP contribution in [0.25, 0.3) is 0 Å². The molecule has 0 unspecified atom stereocenters. The van der Waals surface area contributed by atoms with Gasteiger partial charge in [0.1, 0.15) is 23.2 Å². The average molecular weight is 344 g/mol. The van der Waals surface area contributed by atoms with Crippen molar-refractivity contribution >= 4 is 11.7 Å². The smallest absolute Gasteiger partial charge is 0.270 e. The summed E-state index contributed by atoms with van der Waals surface area (Å²) in [6.45, 7) is 4.88. The van der Waals surface area contributed by atoms with E-state index in [-0.39, 0.29) is 11.7 Å². The molecule has 1 aromatic heterocycles. The third kappa shape index (κ3) is 4.51. The Balaban J connectivity index is 1.63. The molecular formula is C18H21FN4O2. The number of ether oxygens (including phenoxy) is 1. The summed E-state index contributed by atoms with van der Waals surface area (Å²) in [5.41, 5.74) is 0.901. The van der Waals surface area contributed by atoms with E-state index in [0.717, 1.165) is 18.9 Å². The first kappa shape index (κ1) is 17.3. The molecule has 7 heteroatoms. The van der Waals surface area contributed by atoms with E-state index in [1.807, 2.05) is 0 Å². The average Bonchev–Trinajstić information content (AvgIpc) is 2.63. The molecule has 1 aliphatic rings. The van der Waals surface area contributed by atoms with Crippen LogP contribution in [0, 0.1) is 12.7 Å². The molecule has 1 saturated heterocycles. The van der Waals surface area contributed by atoms with Crippen LogP contribution in [0.4, 0.5) is 10.2 Å². The topological polar surface area (TPSA) is 67.4 Å². The second-order valence-electron chi connectivity index (χ2n) is 5.86. The second kappa shape index (κ2) is 8.02. The van der Waals surface area contributed by atoms with Gasteiger partial charge in [0.25, 0.3) is 5.91 Å². The monoisotopic (exact) mass is 344 g/mol. The van der Waals surface area contributed by atoms with Gasteiger partial charge in [0.15, 0.2) is 0 Å². The van der Waals surface area contributed by atoms with Crippen molar-refractivity contribution in [1.29, 1.82) is 0 Å². The molecule has 25 heavy (non-hydrogen) atoms. The van der Waals surface area contributed by atoms with E-state index in [2.05, 4.69) is 20.2 Å². The summed E-state index contributed by atoms with van der Waals surface area (Å²) in [7, 11) is 0. The van der Waals surface area contributed by atoms with Crippen molar-refractivity contribution < 1.29 is 13.9 Å². The second-order valence-corrected chi connectivity index (χ2v) is 5.86. The highest BCUT2D eigenvalue weighted by Crippen LogP contribution is 2.14. The molecule has 0 saturated carbocycles. The number of halogens is 1. The zero-order valence-corrected chi connectivity index (χ0v) is 14.2. The molecule has 1 aromatic carbocycles. The Labute approximate surface area is 146 Å². The fraction of sp³-hybridized carbons (Fsp3) is 0.389. The Bertz CT molecular complexity index is 748. The number of hydrogen-bond acceptors (Lipinski definition) is 5. The number of anilines is 1. The summed E-state index contributed by atoms with van der Waals surface area (Å²) in [6, 6.07) is 8.25. The van der Waals surface area contributed by atoms with Gasteiger partial charge in [-0.15, -0.1) is 0 Å². The van der Waals surface area contributed by atoms with Crippen molar-refractivity contribution in [3.63, 3.8) is 0 Å². The first-order valence-corrected chi connectivity index (χ1v) is 8.33. The van der Waals surface area contributed by atoms with Gasteiger partial charge in [-0.2, -0.15) is 0 Å². The van der Waals surface area contributed by atoms with Crippen LogP contribution in [0.1, 0.15) is 21.9 Å². The van der Waals surface area contributed by atoms with Crippen LogP contribution in [0.2, 0.25) is 0 Å². The Morgan fingerprint density at radius 3 is 2.80 bits per heavy atom. The van der Waals surface area contributed by atoms with E-state index in [1.54, 1.807) is 31.2 Å². The molecule has 0 aliphatic carbocycles. The van der Waals surface area contributed by atoms with Gasteiger partial charge in [0.05, 0.1) is 13.2 Å². The minimum absolute atomic E-state index is 0.260. The molecule has 1 aliphatic heterocycles. The van der Waals surface area contributed by atoms with Gasteiger partial charge in [-0.05, 0) is 25.0 Å². The van der Waals surface area contributed by atoms with Crippen LogP contribution in [-0.2, 0) is 11.2 Å². The maximum absolute atomic E-state index is 13.6. The number of nitrogens with zero attached hydrogens (tertiary/aromatic N) is 3. The lowest BCUT2D eigenvalue weighted by atomic mass is 10.1. The number of carbonyl (C=O) groups excluding carboxylic acids is 1. The standard InChI is InChI=1S/C18H21FN4O2/c1-13-21-16(12-17(22-13)23-8-10-25-11-9-23)18(24)20-7-6-14-4-2-3-5-15(14)19/h2-5,12H,6-11H2,1H3,(H,20,24). The van der Waals surface area contributed by atoms with Crippen LogP contribution in [0.3, 0.4) is 0 Å². The molecule has 0 radical (unpaired) electrons. The van der Waals surface area contributed by atoms with Gasteiger partial charge in [-0.25, -0.2) is 14.4 Å². The maximum atomic E-state index is 13.6. The van der Waals surface area contributed by atoms with Crippen LogP contribution in [-0.4, -0.2) is 48.7 Å². The lowest BCUT2D eigenvalue weighted by Gasteiger charge is -2.28. The molecule has 1 N–H and O–H groups in total. The van der Waals surface area contributed by atoms with E-state index in [4.69, 9.17) is 4.74 Å². The van der Waals surface area contributed by atoms with E-state index >= 15 is 0 Å². The zero-order chi connectivity index (χ0) is 17.6. The highest BCUT2D eigenvalue weighted by molar-refractivity contribution is 5.92. The van der Waals surface area contributed by atoms with Gasteiger partial charge in [0, 0.05) is 25.7 Å². The number of aryl methyl sites for hydroxylation is 1. The van der Waals surface area contributed by atoms with E-state index in [9.17, 15) is 9.18 Å². The first-order valence-electron chi connectivity index (χ1n) is 8.33. The fourth-order valence-electron chi connectivity index (χ4n) is 2.73. The molecule has 3 rings (SSSR count). The number of amides is 1. The SMILES string of the molecule is Cc1nc(C(=O)NCCc2ccccc2F)cc(N2CCOCC2)n1. The third-order valence-corrected chi connectivity index (χ3v) is 4.03. The molecule has 6 nitrogen and oxygen atoms in total. The van der Waals surface area contributed by atoms with Crippen molar-refractivity contribution in [2.24, 2.45) is 0 Å². The summed E-state index contributed by atoms with van der Waals surface area (Å²) in [5.74, 6) is 0.735. The summed E-state index contributed by atoms with van der Waals surface area (Å²) in [4.78, 5) is 23.1. The van der Waals surface area contributed by atoms with Crippen molar-refractivity contribution in [1.82, 2.24) is 15.3 Å². The number of morpholine rings is 1. The molecule has 0 atom stereocenters. The Kier molecular flexibility index (Phi) is 5.55. The zero-order valence-electron chi connectivity index (χ0n) is 14.2. The number of benzene rings is 1. The third-order valence-electron chi connectivity index (χ3n) is 4.03. The largest absolute Gasteiger partial charge is 0.378 e. The number of rotatable bonds is 5. The number of hydrogen-bond donors (Lipinski definition) is 1. The van der Waals surface area contributed by atoms with E-state index < -0.39 is 0 Å². The van der Waals surface area contributed by atoms with Gasteiger partial charge >= 0.3 is 0 Å². The summed E-state index contributed by atoms with van der Waals surface area (Å²) in [5, 5.41) is 2.79. The van der Waals surface area contributed by atoms with E-state index in [1.165, 1.54) is 6.07 Å². The highest BCUT2D eigenvalue weighted by atomic mass is 19.1. The molecule has 0 spiro atoms. The molecule has 0 bridgehead atoms. The predicted octanol–water partition coefficient (Wildman–Crippen LogP) is 1.73. The maximum Gasteiger partial charge on any atom is 0.270 e. The quantitative estimate of drug-likeness (QED) is 0.895. The number of carbonyl (C=O) groups is 1. The lowest BCUT2D eigenvalue weighted by molar-refractivity contribution is 0.0948. The minimum atomic E-state index is -0.281. The van der Waals surface area contributed by atoms with Crippen LogP contribution < -0.4 is 10.2 Å². The normalized spacial score (nSPS) is 14.4. The molecule has 2 heterocycles. The molecule has 1 amide bonds. The molecule has 132 valence electrons. The van der Waals surface area contributed by atoms with Crippen LogP contribution in [0.15, 0.2) is 30.3 Å². The van der Waals surface area contributed by atoms with Crippen molar-refractivity contribution in [3.05, 3.63) is 53.2 Å². The summed E-state index contributed by atoms with van der Waals surface area (Å²) in [6.07, 6.45) is 0.429. The Hall–Kier alpha value is -2.54. The number of aromatic nitrogens is 2. The first-order chi connectivity index (χ1) is 12.1. The van der Waals surface area contributed by atoms with Gasteiger partial charge in [-0.1, -0.05) is 18.2 Å². The van der Waals surface area contributed by atoms with Crippen molar-refractivity contribution in [2.45, 2.75) is 13.3 Å². The van der Waals surface area contributed by atoms with Gasteiger partial charge in [0.2, 0.25) is 0 Å². The predicted molar refractivity (Wildman–Crippen MR) is 92.2 cm³/mol. The van der Waals surface area contributed by atoms with Crippen LogP contribution in [0.5, 0.6) is 0 Å².